The van der Waals surface area contributed by atoms with E-state index in [2.05, 4.69) is 22.0 Å². The Balaban J connectivity index is 2.56. The molecule has 0 saturated carbocycles. The van der Waals surface area contributed by atoms with Gasteiger partial charge in [-0.2, -0.15) is 5.10 Å². The van der Waals surface area contributed by atoms with E-state index in [0.717, 1.165) is 31.9 Å². The summed E-state index contributed by atoms with van der Waals surface area (Å²) in [4.78, 5) is 2.17. The molecule has 1 rings (SSSR count). The first-order valence-electron chi connectivity index (χ1n) is 4.61. The van der Waals surface area contributed by atoms with Gasteiger partial charge in [-0.05, 0) is 32.0 Å². The summed E-state index contributed by atoms with van der Waals surface area (Å²) in [7, 11) is 0. The lowest BCUT2D eigenvalue weighted by Gasteiger charge is -2.20. The van der Waals surface area contributed by atoms with E-state index in [1.807, 2.05) is 12.1 Å². The Morgan fingerprint density at radius 2 is 2.38 bits per heavy atom. The lowest BCUT2D eigenvalue weighted by Crippen LogP contribution is -2.26. The van der Waals surface area contributed by atoms with Gasteiger partial charge < -0.3 is 10.6 Å². The molecule has 0 aliphatic carbocycles. The van der Waals surface area contributed by atoms with Gasteiger partial charge in [0.15, 0.2) is 5.82 Å². The zero-order valence-electron chi connectivity index (χ0n) is 7.98. The molecule has 72 valence electrons. The van der Waals surface area contributed by atoms with Crippen LogP contribution in [0.15, 0.2) is 18.3 Å². The lowest BCUT2D eigenvalue weighted by molar-refractivity contribution is 0.737. The molecule has 0 aromatic carbocycles. The Morgan fingerprint density at radius 3 is 2.92 bits per heavy atom. The summed E-state index contributed by atoms with van der Waals surface area (Å²) in [5.41, 5.74) is 5.45. The van der Waals surface area contributed by atoms with E-state index in [0.29, 0.717) is 0 Å². The Labute approximate surface area is 78.8 Å². The van der Waals surface area contributed by atoms with Crippen LogP contribution in [0.4, 0.5) is 5.82 Å². The molecule has 1 aromatic rings. The molecule has 0 atom stereocenters. The van der Waals surface area contributed by atoms with Crippen molar-refractivity contribution < 1.29 is 0 Å². The minimum Gasteiger partial charge on any atom is -0.355 e. The summed E-state index contributed by atoms with van der Waals surface area (Å²) in [6, 6.07) is 3.86. The number of aromatic nitrogens is 2. The van der Waals surface area contributed by atoms with Crippen molar-refractivity contribution in [2.45, 2.75) is 13.3 Å². The van der Waals surface area contributed by atoms with Crippen molar-refractivity contribution in [3.63, 3.8) is 0 Å². The summed E-state index contributed by atoms with van der Waals surface area (Å²) in [5, 5.41) is 7.88. The van der Waals surface area contributed by atoms with Crippen LogP contribution in [0.1, 0.15) is 13.3 Å². The molecular weight excluding hydrogens is 164 g/mol. The van der Waals surface area contributed by atoms with E-state index in [-0.39, 0.29) is 0 Å². The number of nitrogens with two attached hydrogens (primary N) is 1. The molecule has 2 N–H and O–H groups in total. The molecular formula is C9H16N4. The Hall–Kier alpha value is -1.16. The van der Waals surface area contributed by atoms with Crippen molar-refractivity contribution in [2.24, 2.45) is 5.73 Å². The second kappa shape index (κ2) is 5.48. The van der Waals surface area contributed by atoms with Crippen molar-refractivity contribution >= 4 is 5.82 Å². The minimum atomic E-state index is 0.719. The Morgan fingerprint density at radius 1 is 1.54 bits per heavy atom. The lowest BCUT2D eigenvalue weighted by atomic mass is 10.3. The van der Waals surface area contributed by atoms with Crippen LogP contribution >= 0.6 is 0 Å². The number of anilines is 1. The third-order valence-electron chi connectivity index (χ3n) is 1.90. The van der Waals surface area contributed by atoms with Gasteiger partial charge in [0.25, 0.3) is 0 Å². The van der Waals surface area contributed by atoms with Crippen molar-refractivity contribution in [2.75, 3.05) is 24.5 Å². The van der Waals surface area contributed by atoms with E-state index in [9.17, 15) is 0 Å². The van der Waals surface area contributed by atoms with Crippen LogP contribution in [0.25, 0.3) is 0 Å². The number of hydrogen-bond acceptors (Lipinski definition) is 4. The molecule has 0 amide bonds. The third-order valence-corrected chi connectivity index (χ3v) is 1.90. The molecule has 0 bridgehead atoms. The molecule has 0 fully saturated rings. The fourth-order valence-corrected chi connectivity index (χ4v) is 1.18. The van der Waals surface area contributed by atoms with Crippen molar-refractivity contribution in [1.82, 2.24) is 10.2 Å². The first kappa shape index (κ1) is 9.92. The maximum absolute atomic E-state index is 5.45. The fourth-order valence-electron chi connectivity index (χ4n) is 1.18. The SMILES string of the molecule is CCN(CCCN)c1cccnn1. The highest BCUT2D eigenvalue weighted by molar-refractivity contribution is 5.35. The first-order valence-corrected chi connectivity index (χ1v) is 4.61. The highest BCUT2D eigenvalue weighted by atomic mass is 15.2. The van der Waals surface area contributed by atoms with Crippen LogP contribution in [0, 0.1) is 0 Å². The normalized spacial score (nSPS) is 10.0. The molecule has 0 aliphatic rings. The second-order valence-electron chi connectivity index (χ2n) is 2.80. The molecule has 0 saturated heterocycles. The van der Waals surface area contributed by atoms with Gasteiger partial charge in [-0.1, -0.05) is 0 Å². The van der Waals surface area contributed by atoms with Crippen LogP contribution in [0.2, 0.25) is 0 Å². The van der Waals surface area contributed by atoms with Gasteiger partial charge in [-0.15, -0.1) is 5.10 Å². The van der Waals surface area contributed by atoms with Gasteiger partial charge in [0.1, 0.15) is 0 Å². The minimum absolute atomic E-state index is 0.719. The van der Waals surface area contributed by atoms with Crippen LogP contribution in [0.3, 0.4) is 0 Å². The number of hydrogen-bond donors (Lipinski definition) is 1. The largest absolute Gasteiger partial charge is 0.355 e. The standard InChI is InChI=1S/C9H16N4/c1-2-13(8-4-6-10)9-5-3-7-11-12-9/h3,5,7H,2,4,6,8,10H2,1H3. The van der Waals surface area contributed by atoms with Gasteiger partial charge in [-0.3, -0.25) is 0 Å². The molecule has 4 nitrogen and oxygen atoms in total. The third kappa shape index (κ3) is 2.99. The van der Waals surface area contributed by atoms with Crippen molar-refractivity contribution in [3.8, 4) is 0 Å². The van der Waals surface area contributed by atoms with Crippen LogP contribution in [-0.2, 0) is 0 Å². The van der Waals surface area contributed by atoms with Crippen molar-refractivity contribution in [3.05, 3.63) is 18.3 Å². The van der Waals surface area contributed by atoms with Gasteiger partial charge in [-0.25, -0.2) is 0 Å². The van der Waals surface area contributed by atoms with Crippen molar-refractivity contribution in [1.29, 1.82) is 0 Å². The van der Waals surface area contributed by atoms with Crippen LogP contribution in [-0.4, -0.2) is 29.8 Å². The first-order chi connectivity index (χ1) is 6.38. The van der Waals surface area contributed by atoms with Crippen LogP contribution in [0.5, 0.6) is 0 Å². The quantitative estimate of drug-likeness (QED) is 0.723. The van der Waals surface area contributed by atoms with E-state index >= 15 is 0 Å². The van der Waals surface area contributed by atoms with E-state index in [1.54, 1.807) is 6.20 Å². The average molecular weight is 180 g/mol. The molecule has 0 spiro atoms. The zero-order chi connectivity index (χ0) is 9.52. The number of nitrogens with zero attached hydrogens (tertiary/aromatic N) is 3. The molecule has 13 heavy (non-hydrogen) atoms. The monoisotopic (exact) mass is 180 g/mol. The Kier molecular flexibility index (Phi) is 4.18. The zero-order valence-corrected chi connectivity index (χ0v) is 7.98. The molecule has 1 heterocycles. The maximum Gasteiger partial charge on any atom is 0.151 e. The van der Waals surface area contributed by atoms with Gasteiger partial charge in [0.05, 0.1) is 0 Å². The highest BCUT2D eigenvalue weighted by Gasteiger charge is 2.03. The molecule has 0 aliphatic heterocycles. The predicted molar refractivity (Wildman–Crippen MR) is 53.6 cm³/mol. The summed E-state index contributed by atoms with van der Waals surface area (Å²) in [6.07, 6.45) is 2.67. The fraction of sp³-hybridized carbons (Fsp3) is 0.556. The highest BCUT2D eigenvalue weighted by Crippen LogP contribution is 2.07. The molecule has 4 heteroatoms. The summed E-state index contributed by atoms with van der Waals surface area (Å²) in [5.74, 6) is 0.929. The van der Waals surface area contributed by atoms with Gasteiger partial charge in [0.2, 0.25) is 0 Å². The second-order valence-corrected chi connectivity index (χ2v) is 2.80. The van der Waals surface area contributed by atoms with Gasteiger partial charge >= 0.3 is 0 Å². The van der Waals surface area contributed by atoms with Gasteiger partial charge in [0, 0.05) is 19.3 Å². The van der Waals surface area contributed by atoms with E-state index < -0.39 is 0 Å². The average Bonchev–Trinajstić information content (AvgIpc) is 2.21. The topological polar surface area (TPSA) is 55.0 Å². The number of rotatable bonds is 5. The molecule has 0 unspecified atom stereocenters. The maximum atomic E-state index is 5.45. The van der Waals surface area contributed by atoms with E-state index in [1.165, 1.54) is 0 Å². The van der Waals surface area contributed by atoms with E-state index in [4.69, 9.17) is 5.73 Å². The predicted octanol–water partition coefficient (Wildman–Crippen LogP) is 0.652. The molecule has 1 aromatic heterocycles. The summed E-state index contributed by atoms with van der Waals surface area (Å²) < 4.78 is 0. The summed E-state index contributed by atoms with van der Waals surface area (Å²) in [6.45, 7) is 4.71. The smallest absolute Gasteiger partial charge is 0.151 e. The van der Waals surface area contributed by atoms with Crippen LogP contribution < -0.4 is 10.6 Å². The summed E-state index contributed by atoms with van der Waals surface area (Å²) >= 11 is 0. The Bertz CT molecular complexity index is 224. The molecule has 0 radical (unpaired) electrons.